The van der Waals surface area contributed by atoms with Crippen LogP contribution in [0.1, 0.15) is 5.56 Å². The Morgan fingerprint density at radius 2 is 2.00 bits per heavy atom. The molecule has 4 rings (SSSR count). The number of halogens is 1. The summed E-state index contributed by atoms with van der Waals surface area (Å²) in [6.45, 7) is 0.636. The van der Waals surface area contributed by atoms with Gasteiger partial charge in [0, 0.05) is 22.6 Å². The third kappa shape index (κ3) is 2.43. The maximum absolute atomic E-state index is 6.11. The lowest BCUT2D eigenvalue weighted by Gasteiger charge is -2.09. The summed E-state index contributed by atoms with van der Waals surface area (Å²) in [5, 5.41) is 16.0. The topological polar surface area (TPSA) is 85.4 Å². The minimum atomic E-state index is 0.530. The fourth-order valence-electron chi connectivity index (χ4n) is 2.75. The largest absolute Gasteiger partial charge is 0.398 e. The van der Waals surface area contributed by atoms with Gasteiger partial charge in [-0.05, 0) is 41.1 Å². The number of benzene rings is 2. The van der Waals surface area contributed by atoms with Gasteiger partial charge in [0.25, 0.3) is 0 Å². The molecule has 0 amide bonds. The number of nitrogen functional groups attached to an aromatic ring is 1. The number of nitrogens with two attached hydrogens (primary N) is 1. The predicted octanol–water partition coefficient (Wildman–Crippen LogP) is 3.11. The van der Waals surface area contributed by atoms with Crippen molar-refractivity contribution < 1.29 is 0 Å². The van der Waals surface area contributed by atoms with Crippen molar-refractivity contribution in [2.45, 2.75) is 6.54 Å². The molecular formula is C16H13ClN6. The van der Waals surface area contributed by atoms with Crippen molar-refractivity contribution in [3.63, 3.8) is 0 Å². The van der Waals surface area contributed by atoms with E-state index in [2.05, 4.69) is 25.2 Å². The lowest BCUT2D eigenvalue weighted by atomic mass is 10.2. The van der Waals surface area contributed by atoms with Crippen LogP contribution in [0, 0.1) is 0 Å². The van der Waals surface area contributed by atoms with Gasteiger partial charge >= 0.3 is 0 Å². The number of nitrogens with zero attached hydrogens (tertiary/aromatic N) is 4. The van der Waals surface area contributed by atoms with Gasteiger partial charge in [-0.3, -0.25) is 0 Å². The molecular weight excluding hydrogens is 312 g/mol. The summed E-state index contributed by atoms with van der Waals surface area (Å²) in [5.41, 5.74) is 9.79. The first-order valence-corrected chi connectivity index (χ1v) is 7.46. The average molecular weight is 325 g/mol. The van der Waals surface area contributed by atoms with Crippen molar-refractivity contribution in [3.8, 4) is 11.5 Å². The lowest BCUT2D eigenvalue weighted by Crippen LogP contribution is -2.02. The second-order valence-electron chi connectivity index (χ2n) is 5.26. The molecule has 7 heteroatoms. The molecule has 0 fully saturated rings. The van der Waals surface area contributed by atoms with Gasteiger partial charge in [0.1, 0.15) is 0 Å². The third-order valence-corrected chi connectivity index (χ3v) is 4.02. The van der Waals surface area contributed by atoms with E-state index in [9.17, 15) is 0 Å². The van der Waals surface area contributed by atoms with Crippen LogP contribution in [0.2, 0.25) is 5.02 Å². The Kier molecular flexibility index (Phi) is 3.24. The van der Waals surface area contributed by atoms with E-state index in [1.54, 1.807) is 0 Å². The highest BCUT2D eigenvalue weighted by molar-refractivity contribution is 6.30. The summed E-state index contributed by atoms with van der Waals surface area (Å²) in [6.07, 6.45) is 0. The molecule has 0 spiro atoms. The number of tetrazole rings is 1. The molecule has 0 unspecified atom stereocenters. The standard InChI is InChI=1S/C16H13ClN6/c17-11-4-1-3-10(7-11)9-23-14-6-2-5-13(18)12(14)8-15(23)16-19-21-22-20-16/h1-8H,9,18H2,(H,19,20,21,22). The summed E-state index contributed by atoms with van der Waals surface area (Å²) < 4.78 is 2.11. The molecule has 0 aliphatic carbocycles. The number of hydrogen-bond donors (Lipinski definition) is 2. The van der Waals surface area contributed by atoms with Gasteiger partial charge in [-0.25, -0.2) is 0 Å². The Morgan fingerprint density at radius 1 is 1.13 bits per heavy atom. The van der Waals surface area contributed by atoms with Crippen LogP contribution < -0.4 is 5.73 Å². The van der Waals surface area contributed by atoms with E-state index < -0.39 is 0 Å². The molecule has 0 saturated carbocycles. The molecule has 0 aliphatic rings. The van der Waals surface area contributed by atoms with Crippen molar-refractivity contribution in [1.29, 1.82) is 0 Å². The highest BCUT2D eigenvalue weighted by atomic mass is 35.5. The van der Waals surface area contributed by atoms with Crippen molar-refractivity contribution >= 4 is 28.2 Å². The highest BCUT2D eigenvalue weighted by Gasteiger charge is 2.15. The number of anilines is 1. The molecule has 0 radical (unpaired) electrons. The third-order valence-electron chi connectivity index (χ3n) is 3.78. The molecule has 0 saturated heterocycles. The summed E-state index contributed by atoms with van der Waals surface area (Å²) in [5.74, 6) is 0.530. The Morgan fingerprint density at radius 3 is 2.78 bits per heavy atom. The molecule has 0 bridgehead atoms. The van der Waals surface area contributed by atoms with Crippen LogP contribution in [0.15, 0.2) is 48.5 Å². The van der Waals surface area contributed by atoms with E-state index in [1.807, 2.05) is 48.5 Å². The number of aromatic nitrogens is 5. The number of rotatable bonds is 3. The SMILES string of the molecule is Nc1cccc2c1cc(-c1nn[nH]n1)n2Cc1cccc(Cl)c1. The second-order valence-corrected chi connectivity index (χ2v) is 5.70. The van der Waals surface area contributed by atoms with Gasteiger partial charge < -0.3 is 10.3 Å². The quantitative estimate of drug-likeness (QED) is 0.567. The predicted molar refractivity (Wildman–Crippen MR) is 90.1 cm³/mol. The fraction of sp³-hybridized carbons (Fsp3) is 0.0625. The van der Waals surface area contributed by atoms with Crippen molar-refractivity contribution in [3.05, 3.63) is 59.1 Å². The molecule has 2 aromatic carbocycles. The maximum atomic E-state index is 6.11. The summed E-state index contributed by atoms with van der Waals surface area (Å²) in [6, 6.07) is 15.6. The second kappa shape index (κ2) is 5.40. The molecule has 2 aromatic heterocycles. The zero-order chi connectivity index (χ0) is 15.8. The average Bonchev–Trinajstić information content (AvgIpc) is 3.16. The molecule has 0 atom stereocenters. The maximum Gasteiger partial charge on any atom is 0.221 e. The number of hydrogen-bond acceptors (Lipinski definition) is 4. The van der Waals surface area contributed by atoms with Gasteiger partial charge in [-0.2, -0.15) is 5.21 Å². The van der Waals surface area contributed by atoms with Crippen LogP contribution in [0.25, 0.3) is 22.4 Å². The first-order valence-electron chi connectivity index (χ1n) is 7.08. The van der Waals surface area contributed by atoms with Crippen molar-refractivity contribution in [2.24, 2.45) is 0 Å². The summed E-state index contributed by atoms with van der Waals surface area (Å²) >= 11 is 6.10. The van der Waals surface area contributed by atoms with E-state index in [4.69, 9.17) is 17.3 Å². The zero-order valence-electron chi connectivity index (χ0n) is 12.1. The van der Waals surface area contributed by atoms with Crippen LogP contribution in [-0.2, 0) is 6.54 Å². The lowest BCUT2D eigenvalue weighted by molar-refractivity contribution is 0.837. The molecule has 2 heterocycles. The number of fused-ring (bicyclic) bond motifs is 1. The van der Waals surface area contributed by atoms with Crippen LogP contribution in [-0.4, -0.2) is 25.2 Å². The van der Waals surface area contributed by atoms with Crippen molar-refractivity contribution in [2.75, 3.05) is 5.73 Å². The molecule has 6 nitrogen and oxygen atoms in total. The number of nitrogens with one attached hydrogen (secondary N) is 1. The minimum absolute atomic E-state index is 0.530. The Hall–Kier alpha value is -2.86. The smallest absolute Gasteiger partial charge is 0.221 e. The van der Waals surface area contributed by atoms with Crippen LogP contribution in [0.3, 0.4) is 0 Å². The van der Waals surface area contributed by atoms with Gasteiger partial charge in [-0.1, -0.05) is 29.8 Å². The number of aromatic amines is 1. The molecule has 23 heavy (non-hydrogen) atoms. The Bertz CT molecular complexity index is 974. The van der Waals surface area contributed by atoms with Gasteiger partial charge in [0.05, 0.1) is 11.2 Å². The number of H-pyrrole nitrogens is 1. The molecule has 4 aromatic rings. The van der Waals surface area contributed by atoms with E-state index >= 15 is 0 Å². The van der Waals surface area contributed by atoms with Crippen molar-refractivity contribution in [1.82, 2.24) is 25.2 Å². The van der Waals surface area contributed by atoms with Gasteiger partial charge in [0.15, 0.2) is 0 Å². The first-order chi connectivity index (χ1) is 11.2. The summed E-state index contributed by atoms with van der Waals surface area (Å²) in [4.78, 5) is 0. The van der Waals surface area contributed by atoms with Gasteiger partial charge in [0.2, 0.25) is 5.82 Å². The van der Waals surface area contributed by atoms with Crippen LogP contribution in [0.5, 0.6) is 0 Å². The first kappa shape index (κ1) is 13.8. The zero-order valence-corrected chi connectivity index (χ0v) is 12.8. The van der Waals surface area contributed by atoms with E-state index in [1.165, 1.54) is 0 Å². The van der Waals surface area contributed by atoms with Crippen LogP contribution in [0.4, 0.5) is 5.69 Å². The Labute approximate surface area is 136 Å². The Balaban J connectivity index is 1.92. The molecule has 3 N–H and O–H groups in total. The van der Waals surface area contributed by atoms with E-state index in [-0.39, 0.29) is 0 Å². The monoisotopic (exact) mass is 324 g/mol. The van der Waals surface area contributed by atoms with E-state index in [0.717, 1.165) is 27.8 Å². The van der Waals surface area contributed by atoms with E-state index in [0.29, 0.717) is 17.4 Å². The van der Waals surface area contributed by atoms with Crippen LogP contribution >= 0.6 is 11.6 Å². The minimum Gasteiger partial charge on any atom is -0.398 e. The molecule has 0 aliphatic heterocycles. The normalized spacial score (nSPS) is 11.2. The fourth-order valence-corrected chi connectivity index (χ4v) is 2.96. The highest BCUT2D eigenvalue weighted by Crippen LogP contribution is 2.30. The summed E-state index contributed by atoms with van der Waals surface area (Å²) in [7, 11) is 0. The molecule has 114 valence electrons. The van der Waals surface area contributed by atoms with Gasteiger partial charge in [-0.15, -0.1) is 10.2 Å².